The number of ether oxygens (including phenoxy) is 1. The second-order valence-electron chi connectivity index (χ2n) is 6.89. The van der Waals surface area contributed by atoms with E-state index in [0.717, 1.165) is 28.1 Å². The first-order valence-electron chi connectivity index (χ1n) is 9.31. The van der Waals surface area contributed by atoms with Crippen LogP contribution in [0, 0.1) is 6.92 Å². The van der Waals surface area contributed by atoms with Gasteiger partial charge in [0, 0.05) is 17.4 Å². The molecule has 28 heavy (non-hydrogen) atoms. The molecule has 4 nitrogen and oxygen atoms in total. The molecular formula is C24H22N2O2. The van der Waals surface area contributed by atoms with Crippen LogP contribution in [0.15, 0.2) is 85.1 Å². The smallest absolute Gasteiger partial charge is 0.247 e. The molecule has 1 atom stereocenters. The van der Waals surface area contributed by atoms with E-state index >= 15 is 0 Å². The maximum Gasteiger partial charge on any atom is 0.247 e. The number of amides is 1. The summed E-state index contributed by atoms with van der Waals surface area (Å²) in [5.41, 5.74) is 3.00. The molecule has 4 aromatic rings. The van der Waals surface area contributed by atoms with E-state index in [-0.39, 0.29) is 11.9 Å². The summed E-state index contributed by atoms with van der Waals surface area (Å²) in [6, 6.07) is 25.0. The Hall–Kier alpha value is -3.53. The lowest BCUT2D eigenvalue weighted by Crippen LogP contribution is -2.23. The Kier molecular flexibility index (Phi) is 4.85. The molecule has 0 aliphatic carbocycles. The van der Waals surface area contributed by atoms with Crippen LogP contribution in [-0.4, -0.2) is 10.5 Å². The van der Waals surface area contributed by atoms with Crippen LogP contribution in [0.4, 0.5) is 5.69 Å². The fraction of sp³-hybridized carbons (Fsp3) is 0.125. The van der Waals surface area contributed by atoms with Gasteiger partial charge in [-0.05, 0) is 73.8 Å². The van der Waals surface area contributed by atoms with Gasteiger partial charge >= 0.3 is 0 Å². The monoisotopic (exact) mass is 370 g/mol. The molecule has 1 unspecified atom stereocenters. The SMILES string of the molecule is Cc1ccc2c(ccn2C(C)C(=O)Nc2ccc(Oc3ccccc3)cc2)c1. The average Bonchev–Trinajstić information content (AvgIpc) is 3.12. The standard InChI is InChI=1S/C24H22N2O2/c1-17-8-13-23-19(16-17)14-15-26(23)18(2)24(27)25-20-9-11-22(12-10-20)28-21-6-4-3-5-7-21/h3-16,18H,1-2H3,(H,25,27). The number of hydrogen-bond acceptors (Lipinski definition) is 2. The Morgan fingerprint density at radius 2 is 1.64 bits per heavy atom. The minimum absolute atomic E-state index is 0.0604. The normalized spacial score (nSPS) is 11.9. The van der Waals surface area contributed by atoms with Crippen molar-refractivity contribution in [2.24, 2.45) is 0 Å². The zero-order valence-electron chi connectivity index (χ0n) is 15.9. The number of hydrogen-bond donors (Lipinski definition) is 1. The first-order valence-corrected chi connectivity index (χ1v) is 9.31. The van der Waals surface area contributed by atoms with E-state index in [1.807, 2.05) is 78.4 Å². The molecule has 4 rings (SSSR count). The van der Waals surface area contributed by atoms with Gasteiger partial charge in [0.05, 0.1) is 0 Å². The summed E-state index contributed by atoms with van der Waals surface area (Å²) in [5, 5.41) is 4.12. The van der Waals surface area contributed by atoms with E-state index in [9.17, 15) is 4.79 Å². The Morgan fingerprint density at radius 1 is 0.929 bits per heavy atom. The first kappa shape index (κ1) is 17.9. The van der Waals surface area contributed by atoms with Gasteiger partial charge < -0.3 is 14.6 Å². The second kappa shape index (κ2) is 7.61. The van der Waals surface area contributed by atoms with Gasteiger partial charge in [-0.2, -0.15) is 0 Å². The molecule has 4 heteroatoms. The number of carbonyl (C=O) groups excluding carboxylic acids is 1. The number of nitrogens with one attached hydrogen (secondary N) is 1. The van der Waals surface area contributed by atoms with Crippen molar-refractivity contribution in [2.75, 3.05) is 5.32 Å². The van der Waals surface area contributed by atoms with Gasteiger partial charge in [0.2, 0.25) is 5.91 Å². The lowest BCUT2D eigenvalue weighted by molar-refractivity contribution is -0.118. The van der Waals surface area contributed by atoms with Crippen LogP contribution in [0.5, 0.6) is 11.5 Å². The lowest BCUT2D eigenvalue weighted by atomic mass is 10.2. The quantitative estimate of drug-likeness (QED) is 0.472. The molecule has 0 aliphatic rings. The highest BCUT2D eigenvalue weighted by molar-refractivity contribution is 5.95. The topological polar surface area (TPSA) is 43.3 Å². The van der Waals surface area contributed by atoms with E-state index in [1.54, 1.807) is 0 Å². The predicted molar refractivity (Wildman–Crippen MR) is 113 cm³/mol. The number of carbonyl (C=O) groups is 1. The maximum absolute atomic E-state index is 12.7. The van der Waals surface area contributed by atoms with Gasteiger partial charge in [0.1, 0.15) is 17.5 Å². The molecule has 0 saturated heterocycles. The van der Waals surface area contributed by atoms with Crippen molar-refractivity contribution in [2.45, 2.75) is 19.9 Å². The minimum Gasteiger partial charge on any atom is -0.457 e. The third kappa shape index (κ3) is 3.76. The molecule has 0 spiro atoms. The van der Waals surface area contributed by atoms with Crippen molar-refractivity contribution in [3.8, 4) is 11.5 Å². The van der Waals surface area contributed by atoms with Gasteiger partial charge in [0.25, 0.3) is 0 Å². The van der Waals surface area contributed by atoms with Crippen molar-refractivity contribution in [3.63, 3.8) is 0 Å². The summed E-state index contributed by atoms with van der Waals surface area (Å²) < 4.78 is 7.78. The molecule has 3 aromatic carbocycles. The molecule has 1 amide bonds. The molecule has 1 heterocycles. The maximum atomic E-state index is 12.7. The number of para-hydroxylation sites is 1. The summed E-state index contributed by atoms with van der Waals surface area (Å²) in [6.45, 7) is 3.97. The fourth-order valence-electron chi connectivity index (χ4n) is 3.23. The molecule has 1 N–H and O–H groups in total. The van der Waals surface area contributed by atoms with Gasteiger partial charge in [-0.15, -0.1) is 0 Å². The summed E-state index contributed by atoms with van der Waals surface area (Å²) in [7, 11) is 0. The lowest BCUT2D eigenvalue weighted by Gasteiger charge is -2.16. The van der Waals surface area contributed by atoms with Crippen LogP contribution in [0.25, 0.3) is 10.9 Å². The molecule has 0 saturated carbocycles. The number of fused-ring (bicyclic) bond motifs is 1. The summed E-state index contributed by atoms with van der Waals surface area (Å²) in [4.78, 5) is 12.7. The first-order chi connectivity index (χ1) is 13.6. The van der Waals surface area contributed by atoms with E-state index < -0.39 is 0 Å². The van der Waals surface area contributed by atoms with E-state index in [0.29, 0.717) is 0 Å². The number of anilines is 1. The molecule has 0 aliphatic heterocycles. The predicted octanol–water partition coefficient (Wildman–Crippen LogP) is 5.94. The van der Waals surface area contributed by atoms with Crippen LogP contribution in [-0.2, 0) is 4.79 Å². The largest absolute Gasteiger partial charge is 0.457 e. The van der Waals surface area contributed by atoms with Crippen molar-refractivity contribution < 1.29 is 9.53 Å². The van der Waals surface area contributed by atoms with Crippen LogP contribution in [0.2, 0.25) is 0 Å². The van der Waals surface area contributed by atoms with Crippen LogP contribution < -0.4 is 10.1 Å². The third-order valence-corrected chi connectivity index (χ3v) is 4.77. The number of rotatable bonds is 5. The summed E-state index contributed by atoms with van der Waals surface area (Å²) in [5.74, 6) is 1.45. The summed E-state index contributed by atoms with van der Waals surface area (Å²) in [6.07, 6.45) is 1.96. The van der Waals surface area contributed by atoms with Crippen LogP contribution >= 0.6 is 0 Å². The number of aromatic nitrogens is 1. The molecule has 1 aromatic heterocycles. The molecule has 0 fully saturated rings. The molecule has 0 radical (unpaired) electrons. The highest BCUT2D eigenvalue weighted by Gasteiger charge is 2.16. The van der Waals surface area contributed by atoms with Gasteiger partial charge in [-0.3, -0.25) is 4.79 Å². The average molecular weight is 370 g/mol. The van der Waals surface area contributed by atoms with Gasteiger partial charge in [-0.1, -0.05) is 29.8 Å². The molecular weight excluding hydrogens is 348 g/mol. The summed E-state index contributed by atoms with van der Waals surface area (Å²) >= 11 is 0. The number of benzene rings is 3. The third-order valence-electron chi connectivity index (χ3n) is 4.77. The fourth-order valence-corrected chi connectivity index (χ4v) is 3.23. The zero-order chi connectivity index (χ0) is 19.5. The highest BCUT2D eigenvalue weighted by Crippen LogP contribution is 2.25. The highest BCUT2D eigenvalue weighted by atomic mass is 16.5. The Balaban J connectivity index is 1.45. The van der Waals surface area contributed by atoms with Gasteiger partial charge in [0.15, 0.2) is 0 Å². The number of nitrogens with zero attached hydrogens (tertiary/aromatic N) is 1. The van der Waals surface area contributed by atoms with Crippen molar-refractivity contribution >= 4 is 22.5 Å². The second-order valence-corrected chi connectivity index (χ2v) is 6.89. The van der Waals surface area contributed by atoms with Gasteiger partial charge in [-0.25, -0.2) is 0 Å². The number of aryl methyl sites for hydroxylation is 1. The van der Waals surface area contributed by atoms with E-state index in [4.69, 9.17) is 4.74 Å². The van der Waals surface area contributed by atoms with Crippen molar-refractivity contribution in [1.29, 1.82) is 0 Å². The van der Waals surface area contributed by atoms with Crippen molar-refractivity contribution in [1.82, 2.24) is 4.57 Å². The van der Waals surface area contributed by atoms with Crippen molar-refractivity contribution in [3.05, 3.63) is 90.6 Å². The van der Waals surface area contributed by atoms with Crippen LogP contribution in [0.1, 0.15) is 18.5 Å². The Labute approximate surface area is 164 Å². The van der Waals surface area contributed by atoms with Crippen LogP contribution in [0.3, 0.4) is 0 Å². The minimum atomic E-state index is -0.319. The Morgan fingerprint density at radius 3 is 2.39 bits per heavy atom. The molecule has 140 valence electrons. The Bertz CT molecular complexity index is 1100. The van der Waals surface area contributed by atoms with E-state index in [1.165, 1.54) is 5.56 Å². The zero-order valence-corrected chi connectivity index (χ0v) is 15.9. The molecule has 0 bridgehead atoms. The van der Waals surface area contributed by atoms with E-state index in [2.05, 4.69) is 30.4 Å².